The zero-order valence-corrected chi connectivity index (χ0v) is 11.9. The first-order valence-electron chi connectivity index (χ1n) is 6.75. The molecule has 0 aliphatic rings. The van der Waals surface area contributed by atoms with Crippen molar-refractivity contribution < 1.29 is 14.3 Å². The van der Waals surface area contributed by atoms with Crippen LogP contribution in [0.2, 0.25) is 0 Å². The largest absolute Gasteiger partial charge is 0.504 e. The van der Waals surface area contributed by atoms with E-state index < -0.39 is 0 Å². The molecule has 0 aliphatic carbocycles. The molecule has 4 nitrogen and oxygen atoms in total. The Labute approximate surface area is 127 Å². The number of hydrogen-bond donors (Lipinski definition) is 1. The molecule has 0 saturated heterocycles. The molecule has 0 spiro atoms. The molecule has 3 rings (SSSR count). The van der Waals surface area contributed by atoms with Gasteiger partial charge in [-0.3, -0.25) is 4.79 Å². The minimum atomic E-state index is -0.146. The van der Waals surface area contributed by atoms with Crippen molar-refractivity contribution in [2.75, 3.05) is 7.11 Å². The van der Waals surface area contributed by atoms with Gasteiger partial charge in [0.15, 0.2) is 16.9 Å². The average Bonchev–Trinajstić information content (AvgIpc) is 2.55. The molecule has 4 heteroatoms. The van der Waals surface area contributed by atoms with Gasteiger partial charge in [-0.05, 0) is 18.2 Å². The molecular formula is C18H14O4. The van der Waals surface area contributed by atoms with Gasteiger partial charge in [0, 0.05) is 23.3 Å². The van der Waals surface area contributed by atoms with Crippen LogP contribution in [0.3, 0.4) is 0 Å². The lowest BCUT2D eigenvalue weighted by Gasteiger charge is -2.08. The van der Waals surface area contributed by atoms with E-state index >= 15 is 0 Å². The highest BCUT2D eigenvalue weighted by Gasteiger charge is 2.09. The van der Waals surface area contributed by atoms with Gasteiger partial charge in [-0.2, -0.15) is 0 Å². The van der Waals surface area contributed by atoms with Gasteiger partial charge in [-0.1, -0.05) is 30.3 Å². The molecule has 0 atom stereocenters. The van der Waals surface area contributed by atoms with E-state index in [1.807, 2.05) is 30.3 Å². The smallest absolute Gasteiger partial charge is 0.186 e. The molecule has 0 saturated carbocycles. The van der Waals surface area contributed by atoms with Crippen LogP contribution in [0, 0.1) is 0 Å². The standard InChI is InChI=1S/C18H14O4/c1-21-18-9-13(7-8-15(18)20)17-11-14(19)10-16(22-17)12-5-3-2-4-6-12/h2-11,20H,1H3. The monoisotopic (exact) mass is 294 g/mol. The second kappa shape index (κ2) is 5.77. The molecule has 110 valence electrons. The molecule has 0 unspecified atom stereocenters. The highest BCUT2D eigenvalue weighted by Crippen LogP contribution is 2.32. The van der Waals surface area contributed by atoms with E-state index in [2.05, 4.69) is 0 Å². The summed E-state index contributed by atoms with van der Waals surface area (Å²) >= 11 is 0. The summed E-state index contributed by atoms with van der Waals surface area (Å²) in [6, 6.07) is 17.1. The predicted molar refractivity (Wildman–Crippen MR) is 84.1 cm³/mol. The fourth-order valence-corrected chi connectivity index (χ4v) is 2.20. The maximum atomic E-state index is 11.9. The minimum Gasteiger partial charge on any atom is -0.504 e. The number of rotatable bonds is 3. The Hall–Kier alpha value is -3.01. The number of benzene rings is 2. The van der Waals surface area contributed by atoms with Crippen LogP contribution in [0.15, 0.2) is 69.9 Å². The number of hydrogen-bond acceptors (Lipinski definition) is 4. The Balaban J connectivity index is 2.12. The molecule has 1 N–H and O–H groups in total. The Morgan fingerprint density at radius 3 is 2.27 bits per heavy atom. The summed E-state index contributed by atoms with van der Waals surface area (Å²) in [6.07, 6.45) is 0. The Bertz CT molecular complexity index is 850. The first kappa shape index (κ1) is 13.9. The summed E-state index contributed by atoms with van der Waals surface area (Å²) in [6.45, 7) is 0. The molecule has 22 heavy (non-hydrogen) atoms. The van der Waals surface area contributed by atoms with Gasteiger partial charge in [0.1, 0.15) is 11.5 Å². The van der Waals surface area contributed by atoms with Gasteiger partial charge in [0.05, 0.1) is 7.11 Å². The van der Waals surface area contributed by atoms with Crippen molar-refractivity contribution in [2.24, 2.45) is 0 Å². The van der Waals surface area contributed by atoms with Crippen LogP contribution < -0.4 is 10.2 Å². The molecule has 0 radical (unpaired) electrons. The van der Waals surface area contributed by atoms with Crippen LogP contribution >= 0.6 is 0 Å². The SMILES string of the molecule is COc1cc(-c2cc(=O)cc(-c3ccccc3)o2)ccc1O. The average molecular weight is 294 g/mol. The molecule has 1 heterocycles. The zero-order chi connectivity index (χ0) is 15.5. The fraction of sp³-hybridized carbons (Fsp3) is 0.0556. The predicted octanol–water partition coefficient (Wildman–Crippen LogP) is 3.69. The van der Waals surface area contributed by atoms with Gasteiger partial charge in [0.25, 0.3) is 0 Å². The van der Waals surface area contributed by atoms with Crippen molar-refractivity contribution in [1.82, 2.24) is 0 Å². The molecule has 0 aliphatic heterocycles. The first-order valence-corrected chi connectivity index (χ1v) is 6.75. The van der Waals surface area contributed by atoms with Gasteiger partial charge < -0.3 is 14.3 Å². The summed E-state index contributed by atoms with van der Waals surface area (Å²) in [7, 11) is 1.47. The van der Waals surface area contributed by atoms with Gasteiger partial charge in [-0.15, -0.1) is 0 Å². The number of ether oxygens (including phenoxy) is 1. The maximum Gasteiger partial charge on any atom is 0.186 e. The molecule has 0 fully saturated rings. The first-order chi connectivity index (χ1) is 10.7. The van der Waals surface area contributed by atoms with Crippen LogP contribution in [0.1, 0.15) is 0 Å². The lowest BCUT2D eigenvalue weighted by molar-refractivity contribution is 0.373. The minimum absolute atomic E-state index is 0.0350. The van der Waals surface area contributed by atoms with Crippen LogP contribution in [0.25, 0.3) is 22.6 Å². The van der Waals surface area contributed by atoms with Crippen molar-refractivity contribution in [3.8, 4) is 34.1 Å². The Morgan fingerprint density at radius 1 is 0.909 bits per heavy atom. The molecule has 0 amide bonds. The lowest BCUT2D eigenvalue weighted by atomic mass is 10.1. The van der Waals surface area contributed by atoms with E-state index in [-0.39, 0.29) is 11.2 Å². The zero-order valence-electron chi connectivity index (χ0n) is 11.9. The van der Waals surface area contributed by atoms with E-state index in [0.29, 0.717) is 22.8 Å². The van der Waals surface area contributed by atoms with Crippen molar-refractivity contribution in [3.63, 3.8) is 0 Å². The van der Waals surface area contributed by atoms with E-state index in [1.165, 1.54) is 25.3 Å². The molecule has 1 aromatic heterocycles. The van der Waals surface area contributed by atoms with Gasteiger partial charge in [-0.25, -0.2) is 0 Å². The Morgan fingerprint density at radius 2 is 1.59 bits per heavy atom. The number of phenolic OH excluding ortho intramolecular Hbond substituents is 1. The third-order valence-electron chi connectivity index (χ3n) is 3.29. The van der Waals surface area contributed by atoms with E-state index in [4.69, 9.17) is 9.15 Å². The van der Waals surface area contributed by atoms with Crippen LogP contribution in [0.4, 0.5) is 0 Å². The van der Waals surface area contributed by atoms with Crippen molar-refractivity contribution in [2.45, 2.75) is 0 Å². The third kappa shape index (κ3) is 2.72. The lowest BCUT2D eigenvalue weighted by Crippen LogP contribution is -1.98. The second-order valence-corrected chi connectivity index (χ2v) is 4.77. The molecule has 2 aromatic carbocycles. The van der Waals surface area contributed by atoms with Crippen LogP contribution in [-0.2, 0) is 0 Å². The van der Waals surface area contributed by atoms with E-state index in [9.17, 15) is 9.90 Å². The summed E-state index contributed by atoms with van der Waals surface area (Å²) < 4.78 is 10.9. The van der Waals surface area contributed by atoms with E-state index in [1.54, 1.807) is 12.1 Å². The fourth-order valence-electron chi connectivity index (χ4n) is 2.20. The Kier molecular flexibility index (Phi) is 3.66. The third-order valence-corrected chi connectivity index (χ3v) is 3.29. The summed E-state index contributed by atoms with van der Waals surface area (Å²) in [5.74, 6) is 1.28. The van der Waals surface area contributed by atoms with Crippen molar-refractivity contribution in [3.05, 3.63) is 70.9 Å². The van der Waals surface area contributed by atoms with Crippen LogP contribution in [-0.4, -0.2) is 12.2 Å². The topological polar surface area (TPSA) is 59.7 Å². The van der Waals surface area contributed by atoms with Crippen molar-refractivity contribution >= 4 is 0 Å². The van der Waals surface area contributed by atoms with Crippen LogP contribution in [0.5, 0.6) is 11.5 Å². The molecule has 3 aromatic rings. The number of aromatic hydroxyl groups is 1. The van der Waals surface area contributed by atoms with E-state index in [0.717, 1.165) is 5.56 Å². The highest BCUT2D eigenvalue weighted by molar-refractivity contribution is 5.65. The van der Waals surface area contributed by atoms with Gasteiger partial charge in [0.2, 0.25) is 0 Å². The normalized spacial score (nSPS) is 10.4. The van der Waals surface area contributed by atoms with Crippen molar-refractivity contribution in [1.29, 1.82) is 0 Å². The summed E-state index contributed by atoms with van der Waals surface area (Å²) in [5, 5.41) is 9.65. The van der Waals surface area contributed by atoms with Gasteiger partial charge >= 0.3 is 0 Å². The quantitative estimate of drug-likeness (QED) is 0.800. The number of phenols is 1. The molecular weight excluding hydrogens is 280 g/mol. The highest BCUT2D eigenvalue weighted by atomic mass is 16.5. The maximum absolute atomic E-state index is 11.9. The summed E-state index contributed by atoms with van der Waals surface area (Å²) in [5.41, 5.74) is 1.34. The number of methoxy groups -OCH3 is 1. The summed E-state index contributed by atoms with van der Waals surface area (Å²) in [4.78, 5) is 11.9. The molecule has 0 bridgehead atoms. The second-order valence-electron chi connectivity index (χ2n) is 4.77.